The third kappa shape index (κ3) is 7.23. The Labute approximate surface area is 230 Å². The summed E-state index contributed by atoms with van der Waals surface area (Å²) in [6, 6.07) is 16.2. The molecule has 1 aliphatic heterocycles. The van der Waals surface area contributed by atoms with Gasteiger partial charge in [0.05, 0.1) is 23.8 Å². The van der Waals surface area contributed by atoms with Crippen molar-refractivity contribution in [1.82, 2.24) is 10.7 Å². The second-order valence-corrected chi connectivity index (χ2v) is 9.49. The van der Waals surface area contributed by atoms with E-state index in [-0.39, 0.29) is 13.3 Å². The summed E-state index contributed by atoms with van der Waals surface area (Å²) >= 11 is 6.95. The molecule has 3 aromatic carbocycles. The lowest BCUT2D eigenvalue weighted by Crippen LogP contribution is -2.34. The number of carbonyl (C=O) groups is 2. The highest BCUT2D eigenvalue weighted by Gasteiger charge is 2.17. The van der Waals surface area contributed by atoms with Gasteiger partial charge in [0.25, 0.3) is 11.8 Å². The number of nitrogens with one attached hydrogen (secondary N) is 2. The fraction of sp³-hybridized carbons (Fsp3) is 0.192. The Morgan fingerprint density at radius 1 is 1.03 bits per heavy atom. The zero-order valence-electron chi connectivity index (χ0n) is 19.8. The highest BCUT2D eigenvalue weighted by atomic mass is 79.9. The fourth-order valence-electron chi connectivity index (χ4n) is 3.32. The first kappa shape index (κ1) is 26.5. The Hall–Kier alpha value is -3.57. The van der Waals surface area contributed by atoms with Gasteiger partial charge in [0, 0.05) is 10.0 Å². The Balaban J connectivity index is 1.32. The average Bonchev–Trinajstić information content (AvgIpc) is 3.36. The summed E-state index contributed by atoms with van der Waals surface area (Å²) in [4.78, 5) is 24.5. The van der Waals surface area contributed by atoms with Gasteiger partial charge in [0.2, 0.25) is 6.79 Å². The number of halogens is 2. The summed E-state index contributed by atoms with van der Waals surface area (Å²) in [6.45, 7) is 2.56. The van der Waals surface area contributed by atoms with Crippen molar-refractivity contribution < 1.29 is 28.5 Å². The highest BCUT2D eigenvalue weighted by Crippen LogP contribution is 2.37. The molecular weight excluding hydrogens is 610 g/mol. The molecule has 9 nitrogen and oxygen atoms in total. The number of rotatable bonds is 10. The molecule has 4 rings (SSSR count). The van der Waals surface area contributed by atoms with Gasteiger partial charge in [-0.2, -0.15) is 5.10 Å². The fourth-order valence-corrected chi connectivity index (χ4v) is 4.16. The zero-order chi connectivity index (χ0) is 26.2. The van der Waals surface area contributed by atoms with E-state index in [9.17, 15) is 9.59 Å². The van der Waals surface area contributed by atoms with Crippen LogP contribution in [0.3, 0.4) is 0 Å². The average molecular weight is 633 g/mol. The number of hydrogen-bond donors (Lipinski definition) is 2. The van der Waals surface area contributed by atoms with E-state index in [1.807, 2.05) is 31.2 Å². The summed E-state index contributed by atoms with van der Waals surface area (Å²) in [5, 5.41) is 6.52. The largest absolute Gasteiger partial charge is 0.490 e. The molecule has 0 saturated heterocycles. The Morgan fingerprint density at radius 3 is 2.59 bits per heavy atom. The van der Waals surface area contributed by atoms with Gasteiger partial charge in [-0.1, -0.05) is 28.1 Å². The molecule has 1 heterocycles. The maximum atomic E-state index is 12.3. The van der Waals surface area contributed by atoms with Crippen molar-refractivity contribution in [2.45, 2.75) is 13.5 Å². The number of ether oxygens (including phenoxy) is 4. The third-order valence-electron chi connectivity index (χ3n) is 5.08. The lowest BCUT2D eigenvalue weighted by molar-refractivity contribution is -0.120. The van der Waals surface area contributed by atoms with Crippen molar-refractivity contribution in [3.63, 3.8) is 0 Å². The van der Waals surface area contributed by atoms with Crippen LogP contribution in [0, 0.1) is 0 Å². The number of nitrogens with zero attached hydrogens (tertiary/aromatic N) is 1. The molecule has 0 aliphatic carbocycles. The highest BCUT2D eigenvalue weighted by molar-refractivity contribution is 9.10. The minimum atomic E-state index is -0.483. The van der Waals surface area contributed by atoms with E-state index in [4.69, 9.17) is 18.9 Å². The molecule has 3 aromatic rings. The molecular formula is C26H23Br2N3O6. The Bertz CT molecular complexity index is 1310. The SMILES string of the molecule is CCOc1cc(C=NNC(=O)CNC(=O)c2ccc3c(c2)OCO3)cc(Br)c1OCc1ccc(Br)cc1. The summed E-state index contributed by atoms with van der Waals surface area (Å²) < 4.78 is 23.9. The first-order valence-electron chi connectivity index (χ1n) is 11.3. The van der Waals surface area contributed by atoms with Crippen LogP contribution in [0.1, 0.15) is 28.4 Å². The first-order valence-corrected chi connectivity index (χ1v) is 12.8. The maximum Gasteiger partial charge on any atom is 0.259 e. The maximum absolute atomic E-state index is 12.3. The van der Waals surface area contributed by atoms with E-state index in [0.717, 1.165) is 10.0 Å². The topological polar surface area (TPSA) is 107 Å². The number of hydrogen-bond acceptors (Lipinski definition) is 7. The minimum Gasteiger partial charge on any atom is -0.490 e. The monoisotopic (exact) mass is 631 g/mol. The summed E-state index contributed by atoms with van der Waals surface area (Å²) in [6.07, 6.45) is 1.48. The molecule has 11 heteroatoms. The molecule has 37 heavy (non-hydrogen) atoms. The van der Waals surface area contributed by atoms with Gasteiger partial charge in [-0.15, -0.1) is 0 Å². The molecule has 1 aliphatic rings. The molecule has 0 aromatic heterocycles. The molecule has 0 unspecified atom stereocenters. The van der Waals surface area contributed by atoms with Crippen LogP contribution in [0.25, 0.3) is 0 Å². The molecule has 0 spiro atoms. The standard InChI is InChI=1S/C26H23Br2N3O6/c1-2-34-23-10-17(9-20(28)25(23)35-14-16-3-6-19(27)7-4-16)12-30-31-24(32)13-29-26(33)18-5-8-21-22(11-18)37-15-36-21/h3-12H,2,13-15H2,1H3,(H,29,33)(H,31,32). The van der Waals surface area contributed by atoms with Crippen molar-refractivity contribution in [3.8, 4) is 23.0 Å². The number of fused-ring (bicyclic) bond motifs is 1. The minimum absolute atomic E-state index is 0.116. The molecule has 0 atom stereocenters. The normalized spacial score (nSPS) is 11.9. The lowest BCUT2D eigenvalue weighted by atomic mass is 10.2. The van der Waals surface area contributed by atoms with E-state index in [1.54, 1.807) is 30.3 Å². The quantitative estimate of drug-likeness (QED) is 0.246. The van der Waals surface area contributed by atoms with Crippen LogP contribution in [-0.2, 0) is 11.4 Å². The molecule has 0 bridgehead atoms. The number of carbonyl (C=O) groups excluding carboxylic acids is 2. The van der Waals surface area contributed by atoms with Gasteiger partial charge in [0.15, 0.2) is 23.0 Å². The van der Waals surface area contributed by atoms with Gasteiger partial charge in [-0.25, -0.2) is 5.43 Å². The molecule has 0 fully saturated rings. The third-order valence-corrected chi connectivity index (χ3v) is 6.19. The Morgan fingerprint density at radius 2 is 1.81 bits per heavy atom. The van der Waals surface area contributed by atoms with Crippen molar-refractivity contribution in [3.05, 3.63) is 80.2 Å². The van der Waals surface area contributed by atoms with Crippen molar-refractivity contribution in [1.29, 1.82) is 0 Å². The molecule has 2 N–H and O–H groups in total. The van der Waals surface area contributed by atoms with E-state index >= 15 is 0 Å². The second-order valence-electron chi connectivity index (χ2n) is 7.72. The summed E-state index contributed by atoms with van der Waals surface area (Å²) in [7, 11) is 0. The van der Waals surface area contributed by atoms with Crippen LogP contribution in [0.15, 0.2) is 68.6 Å². The zero-order valence-corrected chi connectivity index (χ0v) is 22.9. The summed E-state index contributed by atoms with van der Waals surface area (Å²) in [5.74, 6) is 1.27. The Kier molecular flexibility index (Phi) is 9.02. The van der Waals surface area contributed by atoms with Gasteiger partial charge in [0.1, 0.15) is 6.61 Å². The van der Waals surface area contributed by atoms with Crippen LogP contribution in [0.5, 0.6) is 23.0 Å². The molecule has 192 valence electrons. The van der Waals surface area contributed by atoms with E-state index < -0.39 is 11.8 Å². The van der Waals surface area contributed by atoms with Gasteiger partial charge in [-0.3, -0.25) is 9.59 Å². The number of amides is 2. The van der Waals surface area contributed by atoms with Gasteiger partial charge >= 0.3 is 0 Å². The van der Waals surface area contributed by atoms with Crippen LogP contribution in [0.4, 0.5) is 0 Å². The molecule has 0 radical (unpaired) electrons. The lowest BCUT2D eigenvalue weighted by Gasteiger charge is -2.14. The van der Waals surface area contributed by atoms with Crippen molar-refractivity contribution >= 4 is 49.9 Å². The van der Waals surface area contributed by atoms with Crippen LogP contribution >= 0.6 is 31.9 Å². The van der Waals surface area contributed by atoms with Crippen LogP contribution in [0.2, 0.25) is 0 Å². The second kappa shape index (κ2) is 12.6. The van der Waals surface area contributed by atoms with Gasteiger partial charge in [-0.05, 0) is 76.4 Å². The van der Waals surface area contributed by atoms with Crippen molar-refractivity contribution in [2.75, 3.05) is 19.9 Å². The predicted molar refractivity (Wildman–Crippen MR) is 144 cm³/mol. The summed E-state index contributed by atoms with van der Waals surface area (Å²) in [5.41, 5.74) is 4.44. The van der Waals surface area contributed by atoms with Crippen LogP contribution in [-0.4, -0.2) is 38.0 Å². The smallest absolute Gasteiger partial charge is 0.259 e. The van der Waals surface area contributed by atoms with Crippen LogP contribution < -0.4 is 29.7 Å². The first-order chi connectivity index (χ1) is 17.9. The van der Waals surface area contributed by atoms with E-state index in [1.165, 1.54) is 6.21 Å². The molecule has 0 saturated carbocycles. The molecule has 2 amide bonds. The number of hydrazone groups is 1. The van der Waals surface area contributed by atoms with Gasteiger partial charge < -0.3 is 24.3 Å². The van der Waals surface area contributed by atoms with Crippen molar-refractivity contribution in [2.24, 2.45) is 5.10 Å². The predicted octanol–water partition coefficient (Wildman–Crippen LogP) is 4.80. The number of benzene rings is 3. The van der Waals surface area contributed by atoms with E-state index in [2.05, 4.69) is 47.7 Å². The van der Waals surface area contributed by atoms with E-state index in [0.29, 0.717) is 51.8 Å².